The minimum Gasteiger partial charge on any atom is -0.307 e. The first-order valence-corrected chi connectivity index (χ1v) is 5.40. The van der Waals surface area contributed by atoms with E-state index in [2.05, 4.69) is 18.3 Å². The van der Waals surface area contributed by atoms with Crippen molar-refractivity contribution in [3.63, 3.8) is 0 Å². The number of benzene rings is 1. The van der Waals surface area contributed by atoms with Crippen LogP contribution in [-0.4, -0.2) is 6.04 Å². The molecule has 1 rings (SSSR count). The molecule has 0 fully saturated rings. The Kier molecular flexibility index (Phi) is 4.61. The van der Waals surface area contributed by atoms with Gasteiger partial charge in [0.25, 0.3) is 0 Å². The minimum atomic E-state index is 0.169. The molecule has 0 aliphatic carbocycles. The Morgan fingerprint density at radius 1 is 1.40 bits per heavy atom. The van der Waals surface area contributed by atoms with E-state index in [1.165, 1.54) is 0 Å². The summed E-state index contributed by atoms with van der Waals surface area (Å²) in [6, 6.07) is 10.3. The summed E-state index contributed by atoms with van der Waals surface area (Å²) in [5.74, 6) is 0. The molecule has 2 nitrogen and oxygen atoms in total. The maximum absolute atomic E-state index is 8.56. The molecule has 0 heterocycles. The Morgan fingerprint density at radius 3 is 2.67 bits per heavy atom. The normalized spacial score (nSPS) is 14.3. The smallest absolute Gasteiger partial charge is 0.0638 e. The fraction of sp³-hybridized carbons (Fsp3) is 0.417. The first-order valence-electron chi connectivity index (χ1n) is 5.02. The van der Waals surface area contributed by atoms with Crippen molar-refractivity contribution in [2.45, 2.75) is 32.4 Å². The van der Waals surface area contributed by atoms with Gasteiger partial charge >= 0.3 is 0 Å². The molecule has 15 heavy (non-hydrogen) atoms. The Morgan fingerprint density at radius 2 is 2.07 bits per heavy atom. The molecule has 0 radical (unpaired) electrons. The third kappa shape index (κ3) is 3.54. The summed E-state index contributed by atoms with van der Waals surface area (Å²) in [7, 11) is 0. The molecule has 0 saturated carbocycles. The van der Waals surface area contributed by atoms with Gasteiger partial charge in [-0.15, -0.1) is 0 Å². The van der Waals surface area contributed by atoms with Crippen molar-refractivity contribution >= 4 is 11.6 Å². The van der Waals surface area contributed by atoms with E-state index in [4.69, 9.17) is 16.9 Å². The number of nitrogens with zero attached hydrogens (tertiary/aromatic N) is 1. The highest BCUT2D eigenvalue weighted by Crippen LogP contribution is 2.22. The van der Waals surface area contributed by atoms with Gasteiger partial charge in [-0.2, -0.15) is 5.26 Å². The second-order valence-electron chi connectivity index (χ2n) is 3.67. The molecule has 1 N–H and O–H groups in total. The highest BCUT2D eigenvalue weighted by atomic mass is 35.5. The summed E-state index contributed by atoms with van der Waals surface area (Å²) < 4.78 is 0. The van der Waals surface area contributed by atoms with Gasteiger partial charge in [-0.05, 0) is 25.5 Å². The van der Waals surface area contributed by atoms with Gasteiger partial charge in [0.05, 0.1) is 12.5 Å². The maximum Gasteiger partial charge on any atom is 0.0638 e. The monoisotopic (exact) mass is 222 g/mol. The van der Waals surface area contributed by atoms with E-state index in [0.29, 0.717) is 6.42 Å². The first kappa shape index (κ1) is 12.0. The Balaban J connectivity index is 2.66. The van der Waals surface area contributed by atoms with Crippen LogP contribution in [0.15, 0.2) is 24.3 Å². The van der Waals surface area contributed by atoms with Gasteiger partial charge in [-0.1, -0.05) is 29.8 Å². The lowest BCUT2D eigenvalue weighted by Crippen LogP contribution is -2.28. The highest BCUT2D eigenvalue weighted by molar-refractivity contribution is 6.31. The highest BCUT2D eigenvalue weighted by Gasteiger charge is 2.11. The molecule has 0 bridgehead atoms. The molecular formula is C12H15ClN2. The zero-order valence-electron chi connectivity index (χ0n) is 9.00. The van der Waals surface area contributed by atoms with Crippen LogP contribution >= 0.6 is 11.6 Å². The predicted molar refractivity (Wildman–Crippen MR) is 62.7 cm³/mol. The number of rotatable bonds is 4. The maximum atomic E-state index is 8.56. The third-order valence-electron chi connectivity index (χ3n) is 2.30. The van der Waals surface area contributed by atoms with Crippen molar-refractivity contribution in [1.82, 2.24) is 5.32 Å². The average molecular weight is 223 g/mol. The van der Waals surface area contributed by atoms with E-state index >= 15 is 0 Å². The second kappa shape index (κ2) is 5.75. The van der Waals surface area contributed by atoms with Crippen LogP contribution in [0.3, 0.4) is 0 Å². The van der Waals surface area contributed by atoms with Gasteiger partial charge in [-0.3, -0.25) is 0 Å². The summed E-state index contributed by atoms with van der Waals surface area (Å²) in [5.41, 5.74) is 1.07. The van der Waals surface area contributed by atoms with Crippen LogP contribution in [0, 0.1) is 11.3 Å². The first-order chi connectivity index (χ1) is 7.15. The zero-order valence-corrected chi connectivity index (χ0v) is 9.75. The summed E-state index contributed by atoms with van der Waals surface area (Å²) >= 11 is 6.07. The van der Waals surface area contributed by atoms with Crippen LogP contribution in [0.4, 0.5) is 0 Å². The lowest BCUT2D eigenvalue weighted by molar-refractivity contribution is 0.485. The molecule has 0 aromatic heterocycles. The average Bonchev–Trinajstić information content (AvgIpc) is 2.18. The number of nitrogens with one attached hydrogen (secondary N) is 1. The minimum absolute atomic E-state index is 0.169. The fourth-order valence-electron chi connectivity index (χ4n) is 1.54. The molecule has 0 saturated heterocycles. The topological polar surface area (TPSA) is 35.8 Å². The predicted octanol–water partition coefficient (Wildman–Crippen LogP) is 3.29. The molecule has 2 unspecified atom stereocenters. The molecule has 1 aromatic rings. The van der Waals surface area contributed by atoms with E-state index in [1.54, 1.807) is 0 Å². The second-order valence-corrected chi connectivity index (χ2v) is 4.08. The van der Waals surface area contributed by atoms with Crippen LogP contribution in [0.2, 0.25) is 5.02 Å². The number of hydrogen-bond acceptors (Lipinski definition) is 2. The van der Waals surface area contributed by atoms with Gasteiger partial charge < -0.3 is 5.32 Å². The molecule has 2 atom stereocenters. The SMILES string of the molecule is CC(CC#N)NC(C)c1ccccc1Cl. The third-order valence-corrected chi connectivity index (χ3v) is 2.65. The number of halogens is 1. The fourth-order valence-corrected chi connectivity index (χ4v) is 1.84. The Bertz CT molecular complexity index is 357. The molecule has 0 aliphatic heterocycles. The van der Waals surface area contributed by atoms with Crippen molar-refractivity contribution < 1.29 is 0 Å². The summed E-state index contributed by atoms with van der Waals surface area (Å²) in [5, 5.41) is 12.7. The molecule has 0 spiro atoms. The van der Waals surface area contributed by atoms with Crippen molar-refractivity contribution in [1.29, 1.82) is 5.26 Å². The van der Waals surface area contributed by atoms with E-state index in [0.717, 1.165) is 10.6 Å². The number of nitriles is 1. The van der Waals surface area contributed by atoms with Crippen LogP contribution in [0.25, 0.3) is 0 Å². The van der Waals surface area contributed by atoms with Gasteiger partial charge in [-0.25, -0.2) is 0 Å². The summed E-state index contributed by atoms with van der Waals surface area (Å²) in [6.45, 7) is 4.05. The molecular weight excluding hydrogens is 208 g/mol. The van der Waals surface area contributed by atoms with E-state index in [1.807, 2.05) is 31.2 Å². The van der Waals surface area contributed by atoms with E-state index in [9.17, 15) is 0 Å². The zero-order chi connectivity index (χ0) is 11.3. The molecule has 80 valence electrons. The van der Waals surface area contributed by atoms with Crippen molar-refractivity contribution in [2.75, 3.05) is 0 Å². The van der Waals surface area contributed by atoms with Crippen molar-refractivity contribution in [3.8, 4) is 6.07 Å². The quantitative estimate of drug-likeness (QED) is 0.849. The molecule has 0 amide bonds. The van der Waals surface area contributed by atoms with Crippen LogP contribution in [0.1, 0.15) is 31.9 Å². The van der Waals surface area contributed by atoms with E-state index < -0.39 is 0 Å². The van der Waals surface area contributed by atoms with Crippen LogP contribution in [0.5, 0.6) is 0 Å². The number of hydrogen-bond donors (Lipinski definition) is 1. The standard InChI is InChI=1S/C12H15ClN2/c1-9(7-8-14)15-10(2)11-5-3-4-6-12(11)13/h3-6,9-10,15H,7H2,1-2H3. The van der Waals surface area contributed by atoms with E-state index in [-0.39, 0.29) is 12.1 Å². The lowest BCUT2D eigenvalue weighted by Gasteiger charge is -2.19. The Hall–Kier alpha value is -1.04. The molecule has 1 aromatic carbocycles. The van der Waals surface area contributed by atoms with Gasteiger partial charge in [0.1, 0.15) is 0 Å². The summed E-state index contributed by atoms with van der Waals surface area (Å²) in [4.78, 5) is 0. The van der Waals surface area contributed by atoms with Crippen molar-refractivity contribution in [3.05, 3.63) is 34.9 Å². The van der Waals surface area contributed by atoms with Crippen LogP contribution < -0.4 is 5.32 Å². The lowest BCUT2D eigenvalue weighted by atomic mass is 10.1. The molecule has 0 aliphatic rings. The largest absolute Gasteiger partial charge is 0.307 e. The van der Waals surface area contributed by atoms with Gasteiger partial charge in [0.2, 0.25) is 0 Å². The van der Waals surface area contributed by atoms with Gasteiger partial charge in [0, 0.05) is 17.1 Å². The van der Waals surface area contributed by atoms with Crippen LogP contribution in [-0.2, 0) is 0 Å². The van der Waals surface area contributed by atoms with Crippen molar-refractivity contribution in [2.24, 2.45) is 0 Å². The Labute approximate surface area is 95.9 Å². The van der Waals surface area contributed by atoms with Gasteiger partial charge in [0.15, 0.2) is 0 Å². The molecule has 3 heteroatoms. The summed E-state index contributed by atoms with van der Waals surface area (Å²) in [6.07, 6.45) is 0.509.